The number of aliphatic hydroxyl groups excluding tert-OH is 1. The zero-order valence-corrected chi connectivity index (χ0v) is 21.9. The standard InChI is InChI=1S/C26H36Cl2N2O5/c1-32-21-6-8-22(9-7-21)35-18-24(33-2)15-29-19-10-12-30(13-11-19)16-20(31)17-34-23-4-3-5-25(27)26(28)14-23/h3,5-9,14,19-20,24,29,31H,4,10-13,15-18H2,1-2H3/t20-,24?/m0/s1. The van der Waals surface area contributed by atoms with Crippen LogP contribution in [0.1, 0.15) is 19.3 Å². The molecule has 3 rings (SSSR count). The molecule has 1 saturated heterocycles. The summed E-state index contributed by atoms with van der Waals surface area (Å²) >= 11 is 12.1. The van der Waals surface area contributed by atoms with Crippen molar-refractivity contribution >= 4 is 23.2 Å². The van der Waals surface area contributed by atoms with E-state index in [9.17, 15) is 5.11 Å². The van der Waals surface area contributed by atoms with Crippen LogP contribution in [0.15, 0.2) is 58.3 Å². The summed E-state index contributed by atoms with van der Waals surface area (Å²) in [6.45, 7) is 3.84. The van der Waals surface area contributed by atoms with Crippen LogP contribution in [0.4, 0.5) is 0 Å². The molecule has 1 fully saturated rings. The summed E-state index contributed by atoms with van der Waals surface area (Å²) in [6.07, 6.45) is 7.38. The highest BCUT2D eigenvalue weighted by Gasteiger charge is 2.22. The molecular weight excluding hydrogens is 491 g/mol. The second-order valence-electron chi connectivity index (χ2n) is 8.71. The summed E-state index contributed by atoms with van der Waals surface area (Å²) in [5.74, 6) is 2.29. The first-order valence-electron chi connectivity index (χ1n) is 12.0. The minimum Gasteiger partial charge on any atom is -0.497 e. The van der Waals surface area contributed by atoms with Gasteiger partial charge in [0.15, 0.2) is 0 Å². The number of allylic oxidation sites excluding steroid dienone is 5. The Morgan fingerprint density at radius 2 is 1.74 bits per heavy atom. The van der Waals surface area contributed by atoms with Gasteiger partial charge in [-0.25, -0.2) is 0 Å². The fourth-order valence-corrected chi connectivity index (χ4v) is 4.30. The molecule has 1 aliphatic carbocycles. The lowest BCUT2D eigenvalue weighted by molar-refractivity contribution is 0.0319. The predicted octanol–water partition coefficient (Wildman–Crippen LogP) is 4.05. The van der Waals surface area contributed by atoms with Crippen molar-refractivity contribution in [2.24, 2.45) is 0 Å². The predicted molar refractivity (Wildman–Crippen MR) is 139 cm³/mol. The Balaban J connectivity index is 1.31. The van der Waals surface area contributed by atoms with Gasteiger partial charge in [0.2, 0.25) is 0 Å². The molecule has 0 radical (unpaired) electrons. The van der Waals surface area contributed by atoms with Crippen LogP contribution in [0, 0.1) is 0 Å². The number of hydrogen-bond donors (Lipinski definition) is 2. The molecule has 0 saturated carbocycles. The lowest BCUT2D eigenvalue weighted by atomic mass is 10.0. The van der Waals surface area contributed by atoms with Crippen molar-refractivity contribution in [1.29, 1.82) is 0 Å². The minimum absolute atomic E-state index is 0.0412. The molecule has 1 heterocycles. The average Bonchev–Trinajstić information content (AvgIpc) is 3.04. The molecule has 2 aliphatic rings. The highest BCUT2D eigenvalue weighted by atomic mass is 35.5. The molecule has 1 aromatic rings. The third-order valence-electron chi connectivity index (χ3n) is 6.08. The Bertz CT molecular complexity index is 867. The van der Waals surface area contributed by atoms with Crippen molar-refractivity contribution in [1.82, 2.24) is 10.2 Å². The fourth-order valence-electron chi connectivity index (χ4n) is 3.97. The Morgan fingerprint density at radius 3 is 2.43 bits per heavy atom. The lowest BCUT2D eigenvalue weighted by Gasteiger charge is -2.34. The number of ether oxygens (including phenoxy) is 4. The van der Waals surface area contributed by atoms with Gasteiger partial charge in [-0.3, -0.25) is 0 Å². The zero-order valence-electron chi connectivity index (χ0n) is 20.4. The van der Waals surface area contributed by atoms with Gasteiger partial charge in [-0.05, 0) is 62.3 Å². The summed E-state index contributed by atoms with van der Waals surface area (Å²) in [6, 6.07) is 7.95. The van der Waals surface area contributed by atoms with E-state index in [1.54, 1.807) is 26.4 Å². The highest BCUT2D eigenvalue weighted by molar-refractivity contribution is 6.41. The van der Waals surface area contributed by atoms with Gasteiger partial charge >= 0.3 is 0 Å². The van der Waals surface area contributed by atoms with E-state index in [1.165, 1.54) is 0 Å². The molecule has 0 aromatic heterocycles. The lowest BCUT2D eigenvalue weighted by Crippen LogP contribution is -2.47. The van der Waals surface area contributed by atoms with Crippen LogP contribution in [0.25, 0.3) is 0 Å². The molecule has 2 atom stereocenters. The quantitative estimate of drug-likeness (QED) is 0.401. The normalized spacial score (nSPS) is 19.2. The van der Waals surface area contributed by atoms with E-state index in [2.05, 4.69) is 10.2 Å². The molecule has 0 spiro atoms. The second kappa shape index (κ2) is 14.7. The molecule has 9 heteroatoms. The summed E-state index contributed by atoms with van der Waals surface area (Å²) in [4.78, 5) is 2.28. The maximum Gasteiger partial charge on any atom is 0.119 e. The van der Waals surface area contributed by atoms with Crippen LogP contribution in [-0.4, -0.2) is 81.9 Å². The van der Waals surface area contributed by atoms with Crippen LogP contribution < -0.4 is 14.8 Å². The smallest absolute Gasteiger partial charge is 0.119 e. The van der Waals surface area contributed by atoms with E-state index in [0.717, 1.165) is 44.0 Å². The number of hydrogen-bond acceptors (Lipinski definition) is 7. The van der Waals surface area contributed by atoms with Crippen molar-refractivity contribution in [2.75, 3.05) is 53.6 Å². The van der Waals surface area contributed by atoms with Crippen molar-refractivity contribution < 1.29 is 24.1 Å². The molecule has 0 amide bonds. The van der Waals surface area contributed by atoms with Crippen LogP contribution in [-0.2, 0) is 9.47 Å². The molecular formula is C26H36Cl2N2O5. The molecule has 35 heavy (non-hydrogen) atoms. The Hall–Kier alpha value is -1.74. The van der Waals surface area contributed by atoms with Gasteiger partial charge in [0.05, 0.1) is 17.2 Å². The largest absolute Gasteiger partial charge is 0.497 e. The van der Waals surface area contributed by atoms with E-state index in [4.69, 9.17) is 42.1 Å². The summed E-state index contributed by atoms with van der Waals surface area (Å²) in [7, 11) is 3.35. The number of aliphatic hydroxyl groups is 1. The fraction of sp³-hybridized carbons (Fsp3) is 0.538. The van der Waals surface area contributed by atoms with Gasteiger partial charge < -0.3 is 34.3 Å². The maximum atomic E-state index is 10.4. The number of nitrogens with zero attached hydrogens (tertiary/aromatic N) is 1. The number of rotatable bonds is 13. The number of halogens is 2. The SMILES string of the molecule is COc1ccc(OCC(CNC2CCN(C[C@H](O)COC3=CC(Cl)=C(Cl)C=CC3)CC2)OC)cc1. The average molecular weight is 527 g/mol. The number of benzene rings is 1. The van der Waals surface area contributed by atoms with Gasteiger partial charge in [-0.2, -0.15) is 0 Å². The van der Waals surface area contributed by atoms with Crippen molar-refractivity contribution in [3.63, 3.8) is 0 Å². The maximum absolute atomic E-state index is 10.4. The molecule has 1 unspecified atom stereocenters. The van der Waals surface area contributed by atoms with Crippen molar-refractivity contribution in [3.8, 4) is 11.5 Å². The summed E-state index contributed by atoms with van der Waals surface area (Å²) in [5.41, 5.74) is 0. The van der Waals surface area contributed by atoms with E-state index >= 15 is 0 Å². The highest BCUT2D eigenvalue weighted by Crippen LogP contribution is 2.24. The van der Waals surface area contributed by atoms with Crippen LogP contribution in [0.2, 0.25) is 0 Å². The van der Waals surface area contributed by atoms with E-state index in [-0.39, 0.29) is 12.7 Å². The number of nitrogens with one attached hydrogen (secondary N) is 1. The number of methoxy groups -OCH3 is 2. The van der Waals surface area contributed by atoms with E-state index in [0.29, 0.717) is 41.4 Å². The summed E-state index contributed by atoms with van der Waals surface area (Å²) in [5, 5.41) is 15.0. The first-order chi connectivity index (χ1) is 17.0. The molecule has 0 bridgehead atoms. The number of β-amino-alcohol motifs (C(OH)–C–C–N with tert-alkyl or cyclic N) is 1. The van der Waals surface area contributed by atoms with E-state index < -0.39 is 6.10 Å². The zero-order chi connectivity index (χ0) is 25.0. The third kappa shape index (κ3) is 9.67. The monoisotopic (exact) mass is 526 g/mol. The second-order valence-corrected chi connectivity index (χ2v) is 9.52. The van der Waals surface area contributed by atoms with Gasteiger partial charge in [0.25, 0.3) is 0 Å². The van der Waals surface area contributed by atoms with Gasteiger partial charge in [-0.1, -0.05) is 29.3 Å². The van der Waals surface area contributed by atoms with Crippen molar-refractivity contribution in [3.05, 3.63) is 58.3 Å². The number of likely N-dealkylation sites (tertiary alicyclic amines) is 1. The minimum atomic E-state index is -0.571. The topological polar surface area (TPSA) is 72.4 Å². The number of piperidine rings is 1. The van der Waals surface area contributed by atoms with Crippen LogP contribution in [0.3, 0.4) is 0 Å². The molecule has 2 N–H and O–H groups in total. The molecule has 1 aliphatic heterocycles. The Labute approximate surface area is 218 Å². The summed E-state index contributed by atoms with van der Waals surface area (Å²) < 4.78 is 22.4. The Kier molecular flexibility index (Phi) is 11.7. The van der Waals surface area contributed by atoms with E-state index in [1.807, 2.05) is 30.3 Å². The van der Waals surface area contributed by atoms with Crippen LogP contribution >= 0.6 is 23.2 Å². The first-order valence-corrected chi connectivity index (χ1v) is 12.7. The van der Waals surface area contributed by atoms with Gasteiger partial charge in [0.1, 0.15) is 42.7 Å². The Morgan fingerprint density at radius 1 is 1.03 bits per heavy atom. The van der Waals surface area contributed by atoms with Crippen LogP contribution in [0.5, 0.6) is 11.5 Å². The molecule has 1 aromatic carbocycles. The molecule has 7 nitrogen and oxygen atoms in total. The third-order valence-corrected chi connectivity index (χ3v) is 6.82. The molecule has 194 valence electrons. The van der Waals surface area contributed by atoms with Gasteiger partial charge in [0, 0.05) is 32.7 Å². The van der Waals surface area contributed by atoms with Gasteiger partial charge in [-0.15, -0.1) is 0 Å². The first kappa shape index (κ1) is 27.8. The van der Waals surface area contributed by atoms with Crippen molar-refractivity contribution in [2.45, 2.75) is 37.5 Å².